The Hall–Kier alpha value is -0.120. The minimum Gasteiger partial charge on any atom is -0.146 e. The smallest absolute Gasteiger partial charge is 0.0566 e. The van der Waals surface area contributed by atoms with Crippen LogP contribution < -0.4 is 0 Å². The van der Waals surface area contributed by atoms with Gasteiger partial charge in [0.1, 0.15) is 0 Å². The van der Waals surface area contributed by atoms with Crippen LogP contribution in [0.5, 0.6) is 0 Å². The van der Waals surface area contributed by atoms with Crippen LogP contribution in [0.3, 0.4) is 0 Å². The summed E-state index contributed by atoms with van der Waals surface area (Å²) in [4.78, 5) is 1.72. The van der Waals surface area contributed by atoms with E-state index in [4.69, 9.17) is 0 Å². The molecule has 16 heavy (non-hydrogen) atoms. The number of thiophene rings is 1. The SMILES string of the molecule is CC(c1ccccc1)C(Br)c1sccc1Br. The molecule has 0 N–H and O–H groups in total. The van der Waals surface area contributed by atoms with E-state index in [0.717, 1.165) is 0 Å². The maximum Gasteiger partial charge on any atom is 0.0566 e. The average molecular weight is 360 g/mol. The van der Waals surface area contributed by atoms with E-state index in [9.17, 15) is 0 Å². The largest absolute Gasteiger partial charge is 0.146 e. The third kappa shape index (κ3) is 2.58. The van der Waals surface area contributed by atoms with Gasteiger partial charge in [0, 0.05) is 9.35 Å². The molecule has 0 radical (unpaired) electrons. The molecule has 1 aromatic heterocycles. The second kappa shape index (κ2) is 5.48. The summed E-state index contributed by atoms with van der Waals surface area (Å²) in [6, 6.07) is 12.7. The molecule has 2 aromatic rings. The topological polar surface area (TPSA) is 0 Å². The van der Waals surface area contributed by atoms with Gasteiger partial charge in [-0.2, -0.15) is 0 Å². The van der Waals surface area contributed by atoms with Gasteiger partial charge in [0.15, 0.2) is 0 Å². The van der Waals surface area contributed by atoms with Crippen molar-refractivity contribution in [3.05, 3.63) is 56.7 Å². The summed E-state index contributed by atoms with van der Waals surface area (Å²) in [5.41, 5.74) is 1.37. The van der Waals surface area contributed by atoms with Gasteiger partial charge < -0.3 is 0 Å². The molecular formula is C13H12Br2S. The predicted octanol–water partition coefficient (Wildman–Crippen LogP) is 5.75. The molecule has 1 heterocycles. The van der Waals surface area contributed by atoms with Crippen LogP contribution in [0.25, 0.3) is 0 Å². The number of alkyl halides is 1. The zero-order valence-electron chi connectivity index (χ0n) is 8.86. The number of rotatable bonds is 3. The molecule has 0 nitrogen and oxygen atoms in total. The van der Waals surface area contributed by atoms with Gasteiger partial charge in [-0.3, -0.25) is 0 Å². The van der Waals surface area contributed by atoms with Gasteiger partial charge >= 0.3 is 0 Å². The Morgan fingerprint density at radius 3 is 2.38 bits per heavy atom. The first-order chi connectivity index (χ1) is 7.70. The molecule has 0 saturated carbocycles. The first-order valence-corrected chi connectivity index (χ1v) is 7.71. The fraction of sp³-hybridized carbons (Fsp3) is 0.231. The lowest BCUT2D eigenvalue weighted by atomic mass is 9.97. The highest BCUT2D eigenvalue weighted by Gasteiger charge is 2.20. The van der Waals surface area contributed by atoms with Crippen LogP contribution in [0.2, 0.25) is 0 Å². The molecular weight excluding hydrogens is 348 g/mol. The van der Waals surface area contributed by atoms with Crippen LogP contribution in [0, 0.1) is 0 Å². The van der Waals surface area contributed by atoms with Crippen molar-refractivity contribution in [3.8, 4) is 0 Å². The van der Waals surface area contributed by atoms with E-state index in [1.807, 2.05) is 0 Å². The number of hydrogen-bond acceptors (Lipinski definition) is 1. The van der Waals surface area contributed by atoms with Gasteiger partial charge in [-0.05, 0) is 38.9 Å². The molecule has 0 fully saturated rings. The summed E-state index contributed by atoms with van der Waals surface area (Å²) >= 11 is 9.17. The van der Waals surface area contributed by atoms with E-state index in [2.05, 4.69) is 80.6 Å². The van der Waals surface area contributed by atoms with E-state index < -0.39 is 0 Å². The predicted molar refractivity (Wildman–Crippen MR) is 78.5 cm³/mol. The molecule has 1 aromatic carbocycles. The van der Waals surface area contributed by atoms with Gasteiger partial charge in [-0.15, -0.1) is 11.3 Å². The van der Waals surface area contributed by atoms with Gasteiger partial charge in [-0.25, -0.2) is 0 Å². The van der Waals surface area contributed by atoms with Crippen molar-refractivity contribution in [1.82, 2.24) is 0 Å². The highest BCUT2D eigenvalue weighted by molar-refractivity contribution is 9.11. The number of hydrogen-bond donors (Lipinski definition) is 0. The lowest BCUT2D eigenvalue weighted by Gasteiger charge is -2.18. The zero-order valence-corrected chi connectivity index (χ0v) is 12.8. The Morgan fingerprint density at radius 1 is 1.12 bits per heavy atom. The first kappa shape index (κ1) is 12.3. The van der Waals surface area contributed by atoms with Crippen molar-refractivity contribution in [2.75, 3.05) is 0 Å². The lowest BCUT2D eigenvalue weighted by molar-refractivity contribution is 0.759. The van der Waals surface area contributed by atoms with Gasteiger partial charge in [0.25, 0.3) is 0 Å². The van der Waals surface area contributed by atoms with Crippen LogP contribution in [-0.2, 0) is 0 Å². The van der Waals surface area contributed by atoms with Crippen LogP contribution in [0.1, 0.15) is 28.1 Å². The molecule has 0 aliphatic rings. The monoisotopic (exact) mass is 358 g/mol. The van der Waals surface area contributed by atoms with Gasteiger partial charge in [0.2, 0.25) is 0 Å². The standard InChI is InChI=1S/C13H12Br2S/c1-9(10-5-3-2-4-6-10)12(15)13-11(14)7-8-16-13/h2-9,12H,1H3. The van der Waals surface area contributed by atoms with Crippen LogP contribution in [0.15, 0.2) is 46.3 Å². The summed E-state index contributed by atoms with van der Waals surface area (Å²) in [6.45, 7) is 2.25. The molecule has 0 bridgehead atoms. The van der Waals surface area contributed by atoms with Gasteiger partial charge in [-0.1, -0.05) is 53.2 Å². The summed E-state index contributed by atoms with van der Waals surface area (Å²) < 4.78 is 1.20. The second-order valence-electron chi connectivity index (χ2n) is 3.73. The molecule has 84 valence electrons. The maximum absolute atomic E-state index is 3.80. The van der Waals surface area contributed by atoms with Crippen molar-refractivity contribution >= 4 is 43.2 Å². The third-order valence-corrected chi connectivity index (χ3v) is 6.17. The molecule has 2 rings (SSSR count). The summed E-state index contributed by atoms with van der Waals surface area (Å²) in [5.74, 6) is 0.469. The van der Waals surface area contributed by atoms with Crippen molar-refractivity contribution in [1.29, 1.82) is 0 Å². The van der Waals surface area contributed by atoms with E-state index in [-0.39, 0.29) is 0 Å². The first-order valence-electron chi connectivity index (χ1n) is 5.12. The fourth-order valence-electron chi connectivity index (χ4n) is 1.65. The molecule has 3 heteroatoms. The Labute approximate surface area is 117 Å². The minimum atomic E-state index is 0.365. The Kier molecular flexibility index (Phi) is 4.22. The van der Waals surface area contributed by atoms with Crippen molar-refractivity contribution in [3.63, 3.8) is 0 Å². The Bertz CT molecular complexity index is 450. The van der Waals surface area contributed by atoms with Crippen LogP contribution in [-0.4, -0.2) is 0 Å². The molecule has 0 aliphatic carbocycles. The Balaban J connectivity index is 2.23. The molecule has 0 saturated heterocycles. The number of benzene rings is 1. The summed E-state index contributed by atoms with van der Waals surface area (Å²) in [7, 11) is 0. The summed E-state index contributed by atoms with van der Waals surface area (Å²) in [5, 5.41) is 2.12. The van der Waals surface area contributed by atoms with Crippen molar-refractivity contribution in [2.45, 2.75) is 17.7 Å². The molecule has 0 amide bonds. The molecule has 2 unspecified atom stereocenters. The van der Waals surface area contributed by atoms with Crippen LogP contribution >= 0.6 is 43.2 Å². The van der Waals surface area contributed by atoms with E-state index in [0.29, 0.717) is 10.7 Å². The fourth-order valence-corrected chi connectivity index (χ4v) is 4.54. The van der Waals surface area contributed by atoms with Gasteiger partial charge in [0.05, 0.1) is 4.83 Å². The highest BCUT2D eigenvalue weighted by Crippen LogP contribution is 2.43. The lowest BCUT2D eigenvalue weighted by Crippen LogP contribution is -2.00. The molecule has 0 spiro atoms. The third-order valence-electron chi connectivity index (χ3n) is 2.66. The van der Waals surface area contributed by atoms with E-state index in [1.54, 1.807) is 11.3 Å². The van der Waals surface area contributed by atoms with Crippen LogP contribution in [0.4, 0.5) is 0 Å². The van der Waals surface area contributed by atoms with E-state index >= 15 is 0 Å². The zero-order chi connectivity index (χ0) is 11.5. The number of halogens is 2. The summed E-state index contributed by atoms with van der Waals surface area (Å²) in [6.07, 6.45) is 0. The van der Waals surface area contributed by atoms with E-state index in [1.165, 1.54) is 14.9 Å². The average Bonchev–Trinajstić information content (AvgIpc) is 2.75. The normalized spacial score (nSPS) is 14.7. The van der Waals surface area contributed by atoms with Crippen molar-refractivity contribution in [2.24, 2.45) is 0 Å². The maximum atomic E-state index is 3.80. The minimum absolute atomic E-state index is 0.365. The molecule has 2 atom stereocenters. The molecule has 0 aliphatic heterocycles. The highest BCUT2D eigenvalue weighted by atomic mass is 79.9. The quantitative estimate of drug-likeness (QED) is 0.612. The van der Waals surface area contributed by atoms with Crippen molar-refractivity contribution < 1.29 is 0 Å². The second-order valence-corrected chi connectivity index (χ2v) is 6.52. The Morgan fingerprint density at radius 2 is 1.81 bits per heavy atom.